The van der Waals surface area contributed by atoms with Crippen molar-refractivity contribution in [3.8, 4) is 0 Å². The van der Waals surface area contributed by atoms with E-state index in [0.717, 1.165) is 34.3 Å². The van der Waals surface area contributed by atoms with Gasteiger partial charge in [-0.1, -0.05) is 18.3 Å². The average Bonchev–Trinajstić information content (AvgIpc) is 2.91. The fourth-order valence-corrected chi connectivity index (χ4v) is 3.38. The van der Waals surface area contributed by atoms with Crippen molar-refractivity contribution in [3.05, 3.63) is 10.0 Å². The number of carbonyl (C=O) groups excluding carboxylic acids is 1. The third-order valence-electron chi connectivity index (χ3n) is 3.41. The first-order valence-corrected chi connectivity index (χ1v) is 6.63. The molecule has 3 rings (SSSR count). The van der Waals surface area contributed by atoms with Crippen LogP contribution in [0.4, 0.5) is 4.79 Å². The molecule has 0 saturated carbocycles. The summed E-state index contributed by atoms with van der Waals surface area (Å²) in [5, 5.41) is 20.6. The number of urea groups is 1. The molecule has 2 amide bonds. The molecule has 1 aromatic rings. The van der Waals surface area contributed by atoms with E-state index in [0.29, 0.717) is 6.54 Å². The van der Waals surface area contributed by atoms with Crippen LogP contribution in [0.25, 0.3) is 0 Å². The standard InChI is InChI=1S/C10H14N4O2S/c1-2-8-11-12-9(17-8)7-4-3-6-5-13(7)10(15)14(6)16/h6-7,16H,2-5H2,1H3. The maximum absolute atomic E-state index is 11.8. The van der Waals surface area contributed by atoms with Gasteiger partial charge in [0.1, 0.15) is 10.0 Å². The summed E-state index contributed by atoms with van der Waals surface area (Å²) >= 11 is 1.56. The topological polar surface area (TPSA) is 69.6 Å². The number of aryl methyl sites for hydroxylation is 1. The number of hydrogen-bond donors (Lipinski definition) is 1. The molecule has 3 heterocycles. The Morgan fingerprint density at radius 2 is 2.29 bits per heavy atom. The van der Waals surface area contributed by atoms with Crippen LogP contribution in [0.3, 0.4) is 0 Å². The van der Waals surface area contributed by atoms with E-state index in [1.165, 1.54) is 0 Å². The molecule has 2 atom stereocenters. The first-order chi connectivity index (χ1) is 8.20. The van der Waals surface area contributed by atoms with Crippen molar-refractivity contribution in [1.82, 2.24) is 20.2 Å². The van der Waals surface area contributed by atoms with E-state index in [4.69, 9.17) is 0 Å². The quantitative estimate of drug-likeness (QED) is 0.811. The van der Waals surface area contributed by atoms with Gasteiger partial charge in [0.25, 0.3) is 0 Å². The molecule has 0 aliphatic carbocycles. The Labute approximate surface area is 103 Å². The van der Waals surface area contributed by atoms with Crippen LogP contribution in [0.2, 0.25) is 0 Å². The SMILES string of the molecule is CCc1nnc(C2CCC3CN2C(=O)N3O)s1. The molecule has 0 spiro atoms. The van der Waals surface area contributed by atoms with E-state index in [9.17, 15) is 10.0 Å². The van der Waals surface area contributed by atoms with Gasteiger partial charge in [0.15, 0.2) is 0 Å². The molecule has 2 fully saturated rings. The lowest BCUT2D eigenvalue weighted by atomic mass is 10.0. The lowest BCUT2D eigenvalue weighted by Crippen LogP contribution is -2.33. The van der Waals surface area contributed by atoms with Crippen molar-refractivity contribution in [2.75, 3.05) is 6.54 Å². The van der Waals surface area contributed by atoms with Crippen molar-refractivity contribution in [2.45, 2.75) is 38.3 Å². The minimum atomic E-state index is -0.300. The summed E-state index contributed by atoms with van der Waals surface area (Å²) < 4.78 is 0. The van der Waals surface area contributed by atoms with Crippen LogP contribution in [0.15, 0.2) is 0 Å². The van der Waals surface area contributed by atoms with Crippen molar-refractivity contribution in [3.63, 3.8) is 0 Å². The number of carbonyl (C=O) groups is 1. The number of amides is 2. The van der Waals surface area contributed by atoms with Crippen LogP contribution in [0.1, 0.15) is 35.8 Å². The van der Waals surface area contributed by atoms with Crippen LogP contribution in [0.5, 0.6) is 0 Å². The van der Waals surface area contributed by atoms with Gasteiger partial charge in [-0.15, -0.1) is 10.2 Å². The molecular weight excluding hydrogens is 240 g/mol. The van der Waals surface area contributed by atoms with Crippen molar-refractivity contribution in [1.29, 1.82) is 0 Å². The number of aromatic nitrogens is 2. The first-order valence-electron chi connectivity index (χ1n) is 5.81. The van der Waals surface area contributed by atoms with Crippen molar-refractivity contribution >= 4 is 17.4 Å². The molecule has 92 valence electrons. The van der Waals surface area contributed by atoms with Gasteiger partial charge < -0.3 is 4.90 Å². The van der Waals surface area contributed by atoms with E-state index >= 15 is 0 Å². The third-order valence-corrected chi connectivity index (χ3v) is 4.58. The van der Waals surface area contributed by atoms with Gasteiger partial charge in [0.05, 0.1) is 12.1 Å². The normalized spacial score (nSPS) is 28.0. The van der Waals surface area contributed by atoms with Gasteiger partial charge in [0, 0.05) is 6.54 Å². The lowest BCUT2D eigenvalue weighted by molar-refractivity contribution is -0.0584. The fraction of sp³-hybridized carbons (Fsp3) is 0.700. The van der Waals surface area contributed by atoms with E-state index in [2.05, 4.69) is 10.2 Å². The molecule has 1 N–H and O–H groups in total. The highest BCUT2D eigenvalue weighted by atomic mass is 32.1. The van der Waals surface area contributed by atoms with Gasteiger partial charge in [-0.25, -0.2) is 9.86 Å². The minimum Gasteiger partial charge on any atom is -0.311 e. The highest BCUT2D eigenvalue weighted by molar-refractivity contribution is 7.11. The Morgan fingerprint density at radius 1 is 1.47 bits per heavy atom. The van der Waals surface area contributed by atoms with Crippen LogP contribution in [-0.2, 0) is 6.42 Å². The number of hydroxylamine groups is 2. The van der Waals surface area contributed by atoms with Crippen molar-refractivity contribution < 1.29 is 10.0 Å². The van der Waals surface area contributed by atoms with Crippen LogP contribution in [0, 0.1) is 0 Å². The maximum Gasteiger partial charge on any atom is 0.344 e. The molecule has 17 heavy (non-hydrogen) atoms. The Kier molecular flexibility index (Phi) is 2.52. The Balaban J connectivity index is 1.87. The Hall–Kier alpha value is -1.21. The molecule has 7 heteroatoms. The summed E-state index contributed by atoms with van der Waals surface area (Å²) in [6.07, 6.45) is 2.54. The van der Waals surface area contributed by atoms with Gasteiger partial charge in [-0.3, -0.25) is 5.21 Å². The number of nitrogens with zero attached hydrogens (tertiary/aromatic N) is 4. The summed E-state index contributed by atoms with van der Waals surface area (Å²) in [5.74, 6) is 0. The second-order valence-electron chi connectivity index (χ2n) is 4.41. The first kappa shape index (κ1) is 10.9. The number of fused-ring (bicyclic) bond motifs is 2. The van der Waals surface area contributed by atoms with Crippen LogP contribution in [-0.4, -0.2) is 44.0 Å². The number of hydrogen-bond acceptors (Lipinski definition) is 5. The second-order valence-corrected chi connectivity index (χ2v) is 5.51. The molecular formula is C10H14N4O2S. The lowest BCUT2D eigenvalue weighted by Gasteiger charge is -2.28. The van der Waals surface area contributed by atoms with E-state index in [1.807, 2.05) is 6.92 Å². The molecule has 2 bridgehead atoms. The molecule has 6 nitrogen and oxygen atoms in total. The number of rotatable bonds is 2. The summed E-state index contributed by atoms with van der Waals surface area (Å²) in [5.41, 5.74) is 0. The summed E-state index contributed by atoms with van der Waals surface area (Å²) in [6, 6.07) is -0.350. The van der Waals surface area contributed by atoms with Crippen molar-refractivity contribution in [2.24, 2.45) is 0 Å². The Bertz CT molecular complexity index is 449. The fourth-order valence-electron chi connectivity index (χ4n) is 2.45. The van der Waals surface area contributed by atoms with Crippen LogP contribution < -0.4 is 0 Å². The van der Waals surface area contributed by atoms with E-state index in [-0.39, 0.29) is 18.1 Å². The zero-order valence-electron chi connectivity index (χ0n) is 9.54. The minimum absolute atomic E-state index is 0.00583. The summed E-state index contributed by atoms with van der Waals surface area (Å²) in [6.45, 7) is 2.64. The highest BCUT2D eigenvalue weighted by Gasteiger charge is 2.45. The number of piperidine rings is 1. The third kappa shape index (κ3) is 1.61. The van der Waals surface area contributed by atoms with E-state index < -0.39 is 0 Å². The molecule has 2 aliphatic heterocycles. The monoisotopic (exact) mass is 254 g/mol. The summed E-state index contributed by atoms with van der Waals surface area (Å²) in [7, 11) is 0. The molecule has 2 aliphatic rings. The predicted molar refractivity (Wildman–Crippen MR) is 60.8 cm³/mol. The predicted octanol–water partition coefficient (Wildman–Crippen LogP) is 1.43. The van der Waals surface area contributed by atoms with Gasteiger partial charge in [-0.2, -0.15) is 0 Å². The van der Waals surface area contributed by atoms with E-state index in [1.54, 1.807) is 16.2 Å². The van der Waals surface area contributed by atoms with Gasteiger partial charge in [0.2, 0.25) is 0 Å². The molecule has 0 aromatic carbocycles. The van der Waals surface area contributed by atoms with Gasteiger partial charge >= 0.3 is 6.03 Å². The van der Waals surface area contributed by atoms with Crippen LogP contribution >= 0.6 is 11.3 Å². The largest absolute Gasteiger partial charge is 0.344 e. The summed E-state index contributed by atoms with van der Waals surface area (Å²) in [4.78, 5) is 13.5. The molecule has 1 aromatic heterocycles. The Morgan fingerprint density at radius 3 is 3.00 bits per heavy atom. The smallest absolute Gasteiger partial charge is 0.311 e. The average molecular weight is 254 g/mol. The zero-order chi connectivity index (χ0) is 12.0. The molecule has 2 unspecified atom stereocenters. The zero-order valence-corrected chi connectivity index (χ0v) is 10.4. The molecule has 0 radical (unpaired) electrons. The highest BCUT2D eigenvalue weighted by Crippen LogP contribution is 2.38. The molecule has 2 saturated heterocycles. The second kappa shape index (κ2) is 3.92. The maximum atomic E-state index is 11.8. The van der Waals surface area contributed by atoms with Gasteiger partial charge in [-0.05, 0) is 19.3 Å².